The summed E-state index contributed by atoms with van der Waals surface area (Å²) in [6, 6.07) is 0. The van der Waals surface area contributed by atoms with Crippen molar-refractivity contribution in [1.82, 2.24) is 5.32 Å². The van der Waals surface area contributed by atoms with E-state index in [1.165, 1.54) is 32.6 Å². The van der Waals surface area contributed by atoms with Crippen molar-refractivity contribution in [2.75, 3.05) is 6.54 Å². The minimum absolute atomic E-state index is 0.0937. The fourth-order valence-electron chi connectivity index (χ4n) is 1.73. The summed E-state index contributed by atoms with van der Waals surface area (Å²) in [6.45, 7) is 9.70. The fraction of sp³-hybridized carbons (Fsp3) is 0.733. The number of hydrogen-bond donors (Lipinski definition) is 1. The molecular formula is C15H27NO2. The first-order chi connectivity index (χ1) is 8.50. The van der Waals surface area contributed by atoms with Crippen LogP contribution >= 0.6 is 0 Å². The van der Waals surface area contributed by atoms with Crippen LogP contribution in [0.15, 0.2) is 12.2 Å². The highest BCUT2D eigenvalue weighted by molar-refractivity contribution is 5.99. The Morgan fingerprint density at radius 1 is 1.11 bits per heavy atom. The SMILES string of the molecule is C=C(C(C)=O)C(C)C(=O)NCCCCCCCC. The second-order valence-corrected chi connectivity index (χ2v) is 4.86. The Morgan fingerprint density at radius 2 is 1.67 bits per heavy atom. The highest BCUT2D eigenvalue weighted by Crippen LogP contribution is 2.09. The van der Waals surface area contributed by atoms with Gasteiger partial charge in [-0.05, 0) is 25.8 Å². The number of amides is 1. The lowest BCUT2D eigenvalue weighted by Crippen LogP contribution is -2.32. The third-order valence-electron chi connectivity index (χ3n) is 3.20. The van der Waals surface area contributed by atoms with Crippen LogP contribution in [0.5, 0.6) is 0 Å². The molecule has 0 saturated heterocycles. The molecule has 1 amide bonds. The number of hydrogen-bond acceptors (Lipinski definition) is 2. The van der Waals surface area contributed by atoms with Gasteiger partial charge in [0.2, 0.25) is 5.91 Å². The van der Waals surface area contributed by atoms with E-state index in [9.17, 15) is 9.59 Å². The molecule has 0 aromatic rings. The summed E-state index contributed by atoms with van der Waals surface area (Å²) in [5.41, 5.74) is 0.385. The molecule has 1 unspecified atom stereocenters. The van der Waals surface area contributed by atoms with E-state index in [2.05, 4.69) is 18.8 Å². The number of ketones is 1. The Kier molecular flexibility index (Phi) is 9.25. The second-order valence-electron chi connectivity index (χ2n) is 4.86. The summed E-state index contributed by atoms with van der Waals surface area (Å²) in [5, 5.41) is 2.86. The predicted molar refractivity (Wildman–Crippen MR) is 75.4 cm³/mol. The molecule has 0 aliphatic heterocycles. The van der Waals surface area contributed by atoms with Gasteiger partial charge in [0.1, 0.15) is 0 Å². The minimum Gasteiger partial charge on any atom is -0.356 e. The zero-order valence-corrected chi connectivity index (χ0v) is 12.1. The number of carbonyl (C=O) groups is 2. The summed E-state index contributed by atoms with van der Waals surface area (Å²) in [7, 11) is 0. The van der Waals surface area contributed by atoms with Crippen LogP contribution in [0.2, 0.25) is 0 Å². The van der Waals surface area contributed by atoms with Gasteiger partial charge in [-0.25, -0.2) is 0 Å². The smallest absolute Gasteiger partial charge is 0.227 e. The van der Waals surface area contributed by atoms with Crippen molar-refractivity contribution in [2.45, 2.75) is 59.3 Å². The van der Waals surface area contributed by atoms with Crippen molar-refractivity contribution in [3.63, 3.8) is 0 Å². The highest BCUT2D eigenvalue weighted by Gasteiger charge is 2.18. The Morgan fingerprint density at radius 3 is 2.22 bits per heavy atom. The van der Waals surface area contributed by atoms with Gasteiger partial charge in [-0.15, -0.1) is 0 Å². The molecule has 0 radical (unpaired) electrons. The zero-order chi connectivity index (χ0) is 14.0. The first kappa shape index (κ1) is 16.9. The maximum atomic E-state index is 11.7. The van der Waals surface area contributed by atoms with E-state index < -0.39 is 5.92 Å². The van der Waals surface area contributed by atoms with Crippen molar-refractivity contribution < 1.29 is 9.59 Å². The van der Waals surface area contributed by atoms with Gasteiger partial charge < -0.3 is 5.32 Å². The second kappa shape index (κ2) is 9.86. The molecule has 1 atom stereocenters. The van der Waals surface area contributed by atoms with Gasteiger partial charge in [0.15, 0.2) is 5.78 Å². The minimum atomic E-state index is -0.414. The summed E-state index contributed by atoms with van der Waals surface area (Å²) in [6.07, 6.45) is 7.22. The summed E-state index contributed by atoms with van der Waals surface area (Å²) < 4.78 is 0. The quantitative estimate of drug-likeness (QED) is 0.480. The number of unbranched alkanes of at least 4 members (excludes halogenated alkanes) is 5. The summed E-state index contributed by atoms with van der Waals surface area (Å²) >= 11 is 0. The molecule has 0 fully saturated rings. The van der Waals surface area contributed by atoms with E-state index in [-0.39, 0.29) is 11.7 Å². The lowest BCUT2D eigenvalue weighted by atomic mass is 9.99. The molecule has 3 heteroatoms. The maximum Gasteiger partial charge on any atom is 0.227 e. The highest BCUT2D eigenvalue weighted by atomic mass is 16.2. The van der Waals surface area contributed by atoms with Crippen molar-refractivity contribution in [3.05, 3.63) is 12.2 Å². The van der Waals surface area contributed by atoms with Crippen LogP contribution < -0.4 is 5.32 Å². The van der Waals surface area contributed by atoms with E-state index in [1.807, 2.05) is 0 Å². The number of carbonyl (C=O) groups excluding carboxylic acids is 2. The van der Waals surface area contributed by atoms with Gasteiger partial charge in [-0.2, -0.15) is 0 Å². The molecule has 0 saturated carbocycles. The summed E-state index contributed by atoms with van der Waals surface area (Å²) in [5.74, 6) is -0.622. The topological polar surface area (TPSA) is 46.2 Å². The van der Waals surface area contributed by atoms with Crippen molar-refractivity contribution in [3.8, 4) is 0 Å². The molecule has 0 heterocycles. The first-order valence-electron chi connectivity index (χ1n) is 6.98. The predicted octanol–water partition coefficient (Wildman–Crippen LogP) is 3.24. The summed E-state index contributed by atoms with van der Waals surface area (Å²) in [4.78, 5) is 22.8. The van der Waals surface area contributed by atoms with Gasteiger partial charge in [-0.1, -0.05) is 45.6 Å². The number of nitrogens with one attached hydrogen (secondary N) is 1. The fourth-order valence-corrected chi connectivity index (χ4v) is 1.73. The Hall–Kier alpha value is -1.12. The molecule has 1 N–H and O–H groups in total. The van der Waals surface area contributed by atoms with Gasteiger partial charge >= 0.3 is 0 Å². The molecule has 0 bridgehead atoms. The molecular weight excluding hydrogens is 226 g/mol. The van der Waals surface area contributed by atoms with Crippen LogP contribution in [0.25, 0.3) is 0 Å². The van der Waals surface area contributed by atoms with Gasteiger partial charge in [-0.3, -0.25) is 9.59 Å². The van der Waals surface area contributed by atoms with Crippen LogP contribution in [0, 0.1) is 5.92 Å². The van der Waals surface area contributed by atoms with Gasteiger partial charge in [0.05, 0.1) is 5.92 Å². The molecule has 0 aliphatic rings. The third kappa shape index (κ3) is 7.25. The Balaban J connectivity index is 3.65. The molecule has 0 rings (SSSR count). The average Bonchev–Trinajstić information content (AvgIpc) is 2.35. The van der Waals surface area contributed by atoms with Gasteiger partial charge in [0.25, 0.3) is 0 Å². The van der Waals surface area contributed by atoms with Crippen LogP contribution in [0.3, 0.4) is 0 Å². The van der Waals surface area contributed by atoms with E-state index in [0.29, 0.717) is 12.1 Å². The van der Waals surface area contributed by atoms with Crippen LogP contribution in [-0.2, 0) is 9.59 Å². The molecule has 3 nitrogen and oxygen atoms in total. The molecule has 0 aromatic carbocycles. The van der Waals surface area contributed by atoms with Crippen LogP contribution in [0.1, 0.15) is 59.3 Å². The normalized spacial score (nSPS) is 11.9. The average molecular weight is 253 g/mol. The maximum absolute atomic E-state index is 11.7. The van der Waals surface area contributed by atoms with Crippen LogP contribution in [-0.4, -0.2) is 18.2 Å². The van der Waals surface area contributed by atoms with Crippen molar-refractivity contribution >= 4 is 11.7 Å². The molecule has 104 valence electrons. The van der Waals surface area contributed by atoms with Gasteiger partial charge in [0, 0.05) is 6.54 Å². The zero-order valence-electron chi connectivity index (χ0n) is 12.1. The lowest BCUT2D eigenvalue weighted by molar-refractivity contribution is -0.125. The van der Waals surface area contributed by atoms with E-state index >= 15 is 0 Å². The Bertz CT molecular complexity index is 284. The van der Waals surface area contributed by atoms with E-state index in [1.54, 1.807) is 6.92 Å². The van der Waals surface area contributed by atoms with Crippen molar-refractivity contribution in [2.24, 2.45) is 5.92 Å². The molecule has 18 heavy (non-hydrogen) atoms. The number of rotatable bonds is 10. The first-order valence-corrected chi connectivity index (χ1v) is 6.98. The Labute approximate surface area is 111 Å². The van der Waals surface area contributed by atoms with E-state index in [4.69, 9.17) is 0 Å². The standard InChI is InChI=1S/C15H27NO2/c1-5-6-7-8-9-10-11-16-15(18)13(3)12(2)14(4)17/h13H,2,5-11H2,1,3-4H3,(H,16,18). The number of Topliss-reactive ketones (excluding diaryl/α,β-unsaturated/α-hetero) is 1. The lowest BCUT2D eigenvalue weighted by Gasteiger charge is -2.12. The monoisotopic (exact) mass is 253 g/mol. The van der Waals surface area contributed by atoms with Crippen molar-refractivity contribution in [1.29, 1.82) is 0 Å². The third-order valence-corrected chi connectivity index (χ3v) is 3.20. The largest absolute Gasteiger partial charge is 0.356 e. The van der Waals surface area contributed by atoms with Crippen LogP contribution in [0.4, 0.5) is 0 Å². The molecule has 0 aromatic heterocycles. The van der Waals surface area contributed by atoms with E-state index in [0.717, 1.165) is 12.8 Å². The molecule has 0 aliphatic carbocycles. The molecule has 0 spiro atoms.